The lowest BCUT2D eigenvalue weighted by Gasteiger charge is -2.04. The highest BCUT2D eigenvalue weighted by Crippen LogP contribution is 2.27. The number of nitro benzene ring substituents is 1. The average Bonchev–Trinajstić information content (AvgIpc) is 3.60. The van der Waals surface area contributed by atoms with Gasteiger partial charge in [0.05, 0.1) is 50.6 Å². The summed E-state index contributed by atoms with van der Waals surface area (Å²) in [5.74, 6) is 0. The van der Waals surface area contributed by atoms with E-state index in [1.807, 2.05) is 72.9 Å². The van der Waals surface area contributed by atoms with E-state index in [9.17, 15) is 10.1 Å². The van der Waals surface area contributed by atoms with Gasteiger partial charge in [0.1, 0.15) is 0 Å². The molecule has 7 heteroatoms. The third-order valence-corrected chi connectivity index (χ3v) is 5.64. The molecule has 0 N–H and O–H groups in total. The van der Waals surface area contributed by atoms with E-state index >= 15 is 0 Å². The summed E-state index contributed by atoms with van der Waals surface area (Å²) in [4.78, 5) is 29.6. The molecule has 1 aromatic rings. The highest BCUT2D eigenvalue weighted by molar-refractivity contribution is 6.15. The first-order valence-electron chi connectivity index (χ1n) is 10.8. The number of non-ortho nitro benzene ring substituents is 1. The van der Waals surface area contributed by atoms with Crippen molar-refractivity contribution in [3.63, 3.8) is 0 Å². The summed E-state index contributed by atoms with van der Waals surface area (Å²) in [5, 5.41) is 11.2. The Hall–Kier alpha value is -4.78. The van der Waals surface area contributed by atoms with Gasteiger partial charge < -0.3 is 0 Å². The van der Waals surface area contributed by atoms with E-state index in [1.165, 1.54) is 6.07 Å². The number of rotatable bonds is 3. The number of allylic oxidation sites excluding steroid dienone is 12. The number of benzene rings is 1. The maximum absolute atomic E-state index is 11.2. The SMILES string of the molecule is O=[N+]([O-])c1cccc(CC2=CC3=NC2=CC2=NC(=CC4=NC(=CC5=NC(=C3)C=C5)C=C4)C=C2)c1. The van der Waals surface area contributed by atoms with Gasteiger partial charge in [-0.3, -0.25) is 10.1 Å². The maximum Gasteiger partial charge on any atom is 0.269 e. The molecular formula is C27H17N5O2. The van der Waals surface area contributed by atoms with Gasteiger partial charge in [-0.2, -0.15) is 0 Å². The van der Waals surface area contributed by atoms with Crippen molar-refractivity contribution in [1.82, 2.24) is 0 Å². The normalized spacial score (nSPS) is 19.6. The lowest BCUT2D eigenvalue weighted by molar-refractivity contribution is -0.384. The Morgan fingerprint density at radius 2 is 1.26 bits per heavy atom. The lowest BCUT2D eigenvalue weighted by atomic mass is 10.0. The van der Waals surface area contributed by atoms with E-state index < -0.39 is 0 Å². The van der Waals surface area contributed by atoms with E-state index in [0.29, 0.717) is 6.42 Å². The van der Waals surface area contributed by atoms with E-state index in [4.69, 9.17) is 9.98 Å². The molecule has 0 atom stereocenters. The van der Waals surface area contributed by atoms with Crippen molar-refractivity contribution in [2.24, 2.45) is 20.0 Å². The number of hydrogen-bond donors (Lipinski definition) is 0. The second kappa shape index (κ2) is 7.97. The number of nitro groups is 1. The minimum atomic E-state index is -0.377. The summed E-state index contributed by atoms with van der Waals surface area (Å²) in [6.45, 7) is 0. The quantitative estimate of drug-likeness (QED) is 0.480. The van der Waals surface area contributed by atoms with E-state index in [2.05, 4.69) is 9.98 Å². The Bertz CT molecular complexity index is 1530. The van der Waals surface area contributed by atoms with Gasteiger partial charge in [0.25, 0.3) is 5.69 Å². The van der Waals surface area contributed by atoms with Crippen molar-refractivity contribution in [3.8, 4) is 0 Å². The van der Waals surface area contributed by atoms with Crippen LogP contribution in [0.15, 0.2) is 139 Å². The van der Waals surface area contributed by atoms with Crippen molar-refractivity contribution >= 4 is 28.5 Å². The molecule has 34 heavy (non-hydrogen) atoms. The van der Waals surface area contributed by atoms with Crippen LogP contribution in [-0.2, 0) is 6.42 Å². The smallest absolute Gasteiger partial charge is 0.258 e. The molecule has 7 nitrogen and oxygen atoms in total. The monoisotopic (exact) mass is 443 g/mol. The first-order valence-corrected chi connectivity index (χ1v) is 10.8. The van der Waals surface area contributed by atoms with Crippen molar-refractivity contribution < 1.29 is 4.92 Å². The Kier molecular flexibility index (Phi) is 4.66. The van der Waals surface area contributed by atoms with Crippen LogP contribution in [0.3, 0.4) is 0 Å². The summed E-state index contributed by atoms with van der Waals surface area (Å²) in [7, 11) is 0. The largest absolute Gasteiger partial charge is 0.269 e. The minimum absolute atomic E-state index is 0.0756. The standard InChI is InChI=1S/C27H17N5O2/c33-32(34)26-3-1-2-17(11-26)10-18-12-25-15-23-7-6-21(29-23)13-19-4-5-20(28-19)14-22-8-9-24(30-22)16-27(18)31-25/h1-9,11-16H,10H2. The molecule has 0 fully saturated rings. The molecule has 0 aromatic heterocycles. The molecule has 5 aliphatic rings. The highest BCUT2D eigenvalue weighted by atomic mass is 16.6. The Morgan fingerprint density at radius 3 is 1.88 bits per heavy atom. The summed E-state index contributed by atoms with van der Waals surface area (Å²) >= 11 is 0. The molecule has 8 bridgehead atoms. The number of nitrogens with zero attached hydrogens (tertiary/aromatic N) is 5. The van der Waals surface area contributed by atoms with Crippen LogP contribution >= 0.6 is 0 Å². The zero-order valence-electron chi connectivity index (χ0n) is 17.9. The Morgan fingerprint density at radius 1 is 0.676 bits per heavy atom. The fourth-order valence-electron chi connectivity index (χ4n) is 4.10. The zero-order valence-corrected chi connectivity index (χ0v) is 17.9. The van der Waals surface area contributed by atoms with Gasteiger partial charge in [-0.1, -0.05) is 12.1 Å². The van der Waals surface area contributed by atoms with Crippen LogP contribution < -0.4 is 0 Å². The van der Waals surface area contributed by atoms with Crippen molar-refractivity contribution in [2.75, 3.05) is 0 Å². The molecule has 0 aliphatic carbocycles. The van der Waals surface area contributed by atoms with Crippen LogP contribution in [0.4, 0.5) is 5.69 Å². The minimum Gasteiger partial charge on any atom is -0.258 e. The molecule has 0 spiro atoms. The summed E-state index contributed by atoms with van der Waals surface area (Å²) in [5.41, 5.74) is 8.34. The zero-order chi connectivity index (χ0) is 23.1. The van der Waals surface area contributed by atoms with Crippen LogP contribution in [0, 0.1) is 10.1 Å². The van der Waals surface area contributed by atoms with Gasteiger partial charge in [-0.05, 0) is 84.4 Å². The predicted molar refractivity (Wildman–Crippen MR) is 134 cm³/mol. The van der Waals surface area contributed by atoms with Crippen LogP contribution in [0.2, 0.25) is 0 Å². The molecule has 0 saturated carbocycles. The highest BCUT2D eigenvalue weighted by Gasteiger charge is 2.18. The van der Waals surface area contributed by atoms with Gasteiger partial charge >= 0.3 is 0 Å². The van der Waals surface area contributed by atoms with E-state index in [-0.39, 0.29) is 10.6 Å². The van der Waals surface area contributed by atoms with E-state index in [0.717, 1.165) is 56.8 Å². The van der Waals surface area contributed by atoms with Crippen molar-refractivity contribution in [3.05, 3.63) is 135 Å². The molecule has 5 heterocycles. The fraction of sp³-hybridized carbons (Fsp3) is 0.0370. The van der Waals surface area contributed by atoms with Gasteiger partial charge in [0.2, 0.25) is 0 Å². The third kappa shape index (κ3) is 4.02. The Balaban J connectivity index is 1.42. The summed E-state index contributed by atoms with van der Waals surface area (Å²) in [6.07, 6.45) is 22.0. The topological polar surface area (TPSA) is 92.6 Å². The number of aliphatic imine (C=N–C) groups is 4. The first kappa shape index (κ1) is 19.9. The summed E-state index contributed by atoms with van der Waals surface area (Å²) in [6, 6.07) is 6.69. The average molecular weight is 443 g/mol. The third-order valence-electron chi connectivity index (χ3n) is 5.64. The lowest BCUT2D eigenvalue weighted by Crippen LogP contribution is -1.95. The number of fused-ring (bicyclic) bond motifs is 4. The molecular weight excluding hydrogens is 426 g/mol. The van der Waals surface area contributed by atoms with E-state index in [1.54, 1.807) is 12.1 Å². The molecule has 0 radical (unpaired) electrons. The van der Waals surface area contributed by atoms with Crippen LogP contribution in [0.1, 0.15) is 5.56 Å². The molecule has 0 amide bonds. The first-order chi connectivity index (χ1) is 16.6. The Labute approximate surface area is 195 Å². The molecule has 0 saturated heterocycles. The second-order valence-corrected chi connectivity index (χ2v) is 8.16. The van der Waals surface area contributed by atoms with Gasteiger partial charge in [-0.25, -0.2) is 20.0 Å². The fourth-order valence-corrected chi connectivity index (χ4v) is 4.10. The molecule has 6 rings (SSSR count). The molecule has 162 valence electrons. The predicted octanol–water partition coefficient (Wildman–Crippen LogP) is 5.10. The second-order valence-electron chi connectivity index (χ2n) is 8.16. The van der Waals surface area contributed by atoms with Gasteiger partial charge in [-0.15, -0.1) is 0 Å². The van der Waals surface area contributed by atoms with Crippen molar-refractivity contribution in [2.45, 2.75) is 6.42 Å². The molecule has 5 aliphatic heterocycles. The summed E-state index contributed by atoms with van der Waals surface area (Å²) < 4.78 is 0. The maximum atomic E-state index is 11.2. The van der Waals surface area contributed by atoms with Gasteiger partial charge in [0.15, 0.2) is 0 Å². The van der Waals surface area contributed by atoms with Crippen LogP contribution in [0.5, 0.6) is 0 Å². The number of hydrogen-bond acceptors (Lipinski definition) is 6. The molecule has 1 aromatic carbocycles. The molecule has 0 unspecified atom stereocenters. The van der Waals surface area contributed by atoms with Crippen LogP contribution in [0.25, 0.3) is 0 Å². The van der Waals surface area contributed by atoms with Crippen molar-refractivity contribution in [1.29, 1.82) is 0 Å². The van der Waals surface area contributed by atoms with Crippen LogP contribution in [-0.4, -0.2) is 27.8 Å². The van der Waals surface area contributed by atoms with Gasteiger partial charge in [0, 0.05) is 12.1 Å².